The number of aryl methyl sites for hydroxylation is 1. The van der Waals surface area contributed by atoms with Gasteiger partial charge in [0.25, 0.3) is 0 Å². The molecule has 5 nitrogen and oxygen atoms in total. The summed E-state index contributed by atoms with van der Waals surface area (Å²) in [4.78, 5) is 20.0. The Morgan fingerprint density at radius 1 is 1.38 bits per heavy atom. The zero-order valence-electron chi connectivity index (χ0n) is 9.45. The fraction of sp³-hybridized carbons (Fsp3) is 0.545. The first-order valence-electron chi connectivity index (χ1n) is 5.37. The van der Waals surface area contributed by atoms with Gasteiger partial charge in [-0.05, 0) is 26.2 Å². The van der Waals surface area contributed by atoms with Crippen LogP contribution in [0.2, 0.25) is 0 Å². The SMILES string of the molecule is CCOC(=O)c1nc(OC)nc2c1CCC2. The molecule has 0 radical (unpaired) electrons. The van der Waals surface area contributed by atoms with E-state index in [1.807, 2.05) is 0 Å². The number of ether oxygens (including phenoxy) is 2. The third kappa shape index (κ3) is 1.85. The molecule has 0 spiro atoms. The smallest absolute Gasteiger partial charge is 0.357 e. The Hall–Kier alpha value is -1.65. The van der Waals surface area contributed by atoms with Crippen LogP contribution in [0.15, 0.2) is 0 Å². The molecule has 2 rings (SSSR count). The predicted octanol–water partition coefficient (Wildman–Crippen LogP) is 1.15. The minimum absolute atomic E-state index is 0.240. The van der Waals surface area contributed by atoms with E-state index in [0.717, 1.165) is 30.5 Å². The average Bonchev–Trinajstić information content (AvgIpc) is 2.75. The molecule has 0 saturated carbocycles. The van der Waals surface area contributed by atoms with Crippen molar-refractivity contribution in [2.75, 3.05) is 13.7 Å². The molecule has 0 aliphatic heterocycles. The van der Waals surface area contributed by atoms with Crippen molar-refractivity contribution in [2.45, 2.75) is 26.2 Å². The Bertz CT molecular complexity index is 418. The molecule has 1 aliphatic carbocycles. The fourth-order valence-corrected chi connectivity index (χ4v) is 1.87. The monoisotopic (exact) mass is 222 g/mol. The molecule has 0 amide bonds. The maximum atomic E-state index is 11.7. The number of carbonyl (C=O) groups excluding carboxylic acids is 1. The molecule has 0 bridgehead atoms. The molecular weight excluding hydrogens is 208 g/mol. The Morgan fingerprint density at radius 3 is 2.88 bits per heavy atom. The van der Waals surface area contributed by atoms with Crippen LogP contribution in [0.3, 0.4) is 0 Å². The second-order valence-corrected chi connectivity index (χ2v) is 3.56. The predicted molar refractivity (Wildman–Crippen MR) is 56.6 cm³/mol. The van der Waals surface area contributed by atoms with Gasteiger partial charge in [0, 0.05) is 5.56 Å². The molecule has 0 saturated heterocycles. The number of rotatable bonds is 3. The first-order valence-corrected chi connectivity index (χ1v) is 5.37. The van der Waals surface area contributed by atoms with Crippen molar-refractivity contribution in [3.8, 4) is 6.01 Å². The highest BCUT2D eigenvalue weighted by molar-refractivity contribution is 5.89. The van der Waals surface area contributed by atoms with E-state index in [1.54, 1.807) is 6.92 Å². The second-order valence-electron chi connectivity index (χ2n) is 3.56. The summed E-state index contributed by atoms with van der Waals surface area (Å²) in [5, 5.41) is 0. The van der Waals surface area contributed by atoms with Crippen molar-refractivity contribution in [3.05, 3.63) is 17.0 Å². The van der Waals surface area contributed by atoms with Crippen molar-refractivity contribution < 1.29 is 14.3 Å². The van der Waals surface area contributed by atoms with Gasteiger partial charge in [-0.2, -0.15) is 9.97 Å². The minimum atomic E-state index is -0.388. The third-order valence-electron chi connectivity index (χ3n) is 2.56. The van der Waals surface area contributed by atoms with Crippen molar-refractivity contribution in [2.24, 2.45) is 0 Å². The summed E-state index contributed by atoms with van der Waals surface area (Å²) in [6, 6.07) is 0.240. The van der Waals surface area contributed by atoms with Crippen molar-refractivity contribution in [1.29, 1.82) is 0 Å². The highest BCUT2D eigenvalue weighted by Gasteiger charge is 2.24. The van der Waals surface area contributed by atoms with Gasteiger partial charge >= 0.3 is 12.0 Å². The number of methoxy groups -OCH3 is 1. The van der Waals surface area contributed by atoms with Crippen LogP contribution in [0.25, 0.3) is 0 Å². The largest absolute Gasteiger partial charge is 0.467 e. The summed E-state index contributed by atoms with van der Waals surface area (Å²) in [5.41, 5.74) is 2.19. The number of hydrogen-bond acceptors (Lipinski definition) is 5. The lowest BCUT2D eigenvalue weighted by atomic mass is 10.2. The molecule has 5 heteroatoms. The van der Waals surface area contributed by atoms with Crippen LogP contribution < -0.4 is 4.74 Å². The van der Waals surface area contributed by atoms with Crippen LogP contribution in [-0.2, 0) is 17.6 Å². The van der Waals surface area contributed by atoms with Gasteiger partial charge in [-0.3, -0.25) is 0 Å². The van der Waals surface area contributed by atoms with Gasteiger partial charge < -0.3 is 9.47 Å². The van der Waals surface area contributed by atoms with Gasteiger partial charge in [0.15, 0.2) is 5.69 Å². The van der Waals surface area contributed by atoms with Crippen molar-refractivity contribution >= 4 is 5.97 Å². The highest BCUT2D eigenvalue weighted by Crippen LogP contribution is 2.25. The lowest BCUT2D eigenvalue weighted by Crippen LogP contribution is -2.12. The quantitative estimate of drug-likeness (QED) is 0.718. The summed E-state index contributed by atoms with van der Waals surface area (Å²) >= 11 is 0. The van der Waals surface area contributed by atoms with Crippen LogP contribution in [0.1, 0.15) is 35.1 Å². The van der Waals surface area contributed by atoms with E-state index >= 15 is 0 Å². The highest BCUT2D eigenvalue weighted by atomic mass is 16.5. The normalized spacial score (nSPS) is 13.4. The van der Waals surface area contributed by atoms with E-state index in [0.29, 0.717) is 12.3 Å². The number of carbonyl (C=O) groups is 1. The summed E-state index contributed by atoms with van der Waals surface area (Å²) in [7, 11) is 1.49. The Morgan fingerprint density at radius 2 is 2.19 bits per heavy atom. The standard InChI is InChI=1S/C11H14N2O3/c1-3-16-10(14)9-7-5-4-6-8(7)12-11(13-9)15-2/h3-6H2,1-2H3. The van der Waals surface area contributed by atoms with Crippen LogP contribution in [-0.4, -0.2) is 29.7 Å². The minimum Gasteiger partial charge on any atom is -0.467 e. The second kappa shape index (κ2) is 4.47. The summed E-state index contributed by atoms with van der Waals surface area (Å²) in [6.45, 7) is 2.12. The Balaban J connectivity index is 2.42. The van der Waals surface area contributed by atoms with Gasteiger partial charge in [-0.1, -0.05) is 0 Å². The van der Waals surface area contributed by atoms with Gasteiger partial charge in [-0.15, -0.1) is 0 Å². The third-order valence-corrected chi connectivity index (χ3v) is 2.56. The molecule has 0 atom stereocenters. The average molecular weight is 222 g/mol. The molecule has 0 aromatic carbocycles. The number of fused-ring (bicyclic) bond motifs is 1. The van der Waals surface area contributed by atoms with Crippen molar-refractivity contribution in [1.82, 2.24) is 9.97 Å². The van der Waals surface area contributed by atoms with Crippen LogP contribution in [0.5, 0.6) is 6.01 Å². The number of esters is 1. The van der Waals surface area contributed by atoms with Crippen LogP contribution in [0.4, 0.5) is 0 Å². The molecular formula is C11H14N2O3. The van der Waals surface area contributed by atoms with E-state index in [2.05, 4.69) is 9.97 Å². The maximum absolute atomic E-state index is 11.7. The van der Waals surface area contributed by atoms with Crippen molar-refractivity contribution in [3.63, 3.8) is 0 Å². The topological polar surface area (TPSA) is 61.3 Å². The first kappa shape index (κ1) is 10.9. The first-order chi connectivity index (χ1) is 7.76. The zero-order valence-corrected chi connectivity index (χ0v) is 9.45. The molecule has 1 heterocycles. The maximum Gasteiger partial charge on any atom is 0.357 e. The van der Waals surface area contributed by atoms with E-state index in [9.17, 15) is 4.79 Å². The summed E-state index contributed by atoms with van der Waals surface area (Å²) in [6.07, 6.45) is 2.72. The Kier molecular flexibility index (Phi) is 3.03. The lowest BCUT2D eigenvalue weighted by Gasteiger charge is -2.07. The van der Waals surface area contributed by atoms with Gasteiger partial charge in [-0.25, -0.2) is 4.79 Å². The summed E-state index contributed by atoms with van der Waals surface area (Å²) < 4.78 is 9.95. The Labute approximate surface area is 93.8 Å². The fourth-order valence-electron chi connectivity index (χ4n) is 1.87. The molecule has 1 aromatic heterocycles. The molecule has 86 valence electrons. The van der Waals surface area contributed by atoms with E-state index in [4.69, 9.17) is 9.47 Å². The number of aromatic nitrogens is 2. The molecule has 0 fully saturated rings. The van der Waals surface area contributed by atoms with E-state index in [1.165, 1.54) is 7.11 Å². The molecule has 1 aromatic rings. The molecule has 0 unspecified atom stereocenters. The molecule has 1 aliphatic rings. The molecule has 0 N–H and O–H groups in total. The van der Waals surface area contributed by atoms with Gasteiger partial charge in [0.2, 0.25) is 0 Å². The lowest BCUT2D eigenvalue weighted by molar-refractivity contribution is 0.0516. The van der Waals surface area contributed by atoms with Crippen LogP contribution >= 0.6 is 0 Å². The van der Waals surface area contributed by atoms with E-state index < -0.39 is 0 Å². The van der Waals surface area contributed by atoms with E-state index in [-0.39, 0.29) is 12.0 Å². The number of hydrogen-bond donors (Lipinski definition) is 0. The summed E-state index contributed by atoms with van der Waals surface area (Å²) in [5.74, 6) is -0.388. The zero-order chi connectivity index (χ0) is 11.5. The molecule has 16 heavy (non-hydrogen) atoms. The van der Waals surface area contributed by atoms with Gasteiger partial charge in [0.05, 0.1) is 19.4 Å². The number of nitrogens with zero attached hydrogens (tertiary/aromatic N) is 2. The van der Waals surface area contributed by atoms with Gasteiger partial charge in [0.1, 0.15) is 0 Å². The van der Waals surface area contributed by atoms with Crippen LogP contribution in [0, 0.1) is 0 Å².